The summed E-state index contributed by atoms with van der Waals surface area (Å²) < 4.78 is 0. The number of aromatic nitrogens is 3. The lowest BCUT2D eigenvalue weighted by atomic mass is 10.0. The van der Waals surface area contributed by atoms with E-state index in [0.717, 1.165) is 85.7 Å². The van der Waals surface area contributed by atoms with Crippen LogP contribution in [0.25, 0.3) is 16.5 Å². The second-order valence-corrected chi connectivity index (χ2v) is 11.3. The molecule has 2 N–H and O–H groups in total. The summed E-state index contributed by atoms with van der Waals surface area (Å²) in [5, 5.41) is 11.1. The van der Waals surface area contributed by atoms with Gasteiger partial charge in [-0.25, -0.2) is 0 Å². The number of rotatable bonds is 9. The number of aliphatic imine (C=N–C) groups is 1. The molecular formula is C32H42N8O. The number of nitrogens with zero attached hydrogens (tertiary/aromatic N) is 6. The number of amides is 1. The number of anilines is 1. The molecule has 2 aromatic heterocycles. The van der Waals surface area contributed by atoms with Crippen LogP contribution in [0.4, 0.5) is 5.69 Å². The smallest absolute Gasteiger partial charge is 0.276 e. The first-order valence-corrected chi connectivity index (χ1v) is 14.7. The van der Waals surface area contributed by atoms with Crippen molar-refractivity contribution >= 4 is 34.8 Å². The first-order valence-electron chi connectivity index (χ1n) is 14.7. The van der Waals surface area contributed by atoms with Crippen molar-refractivity contribution in [3.05, 3.63) is 71.3 Å². The highest BCUT2D eigenvalue weighted by Crippen LogP contribution is 2.25. The summed E-state index contributed by atoms with van der Waals surface area (Å²) in [6.07, 6.45) is 10.9. The predicted octanol–water partition coefficient (Wildman–Crippen LogP) is 4.82. The summed E-state index contributed by atoms with van der Waals surface area (Å²) in [6, 6.07) is 9.96. The SMILES string of the molecule is C=N/C=C(\C=C(/C)c1ccc2[nH]nc(C(=O)Nc3ccc(CN4CCN(C)CC4)nc3)c2c1)CN1CCCCCC1. The zero-order chi connectivity index (χ0) is 28.6. The van der Waals surface area contributed by atoms with E-state index in [9.17, 15) is 4.79 Å². The molecule has 1 aromatic carbocycles. The van der Waals surface area contributed by atoms with Crippen molar-refractivity contribution in [2.24, 2.45) is 4.99 Å². The van der Waals surface area contributed by atoms with Gasteiger partial charge in [0, 0.05) is 50.9 Å². The van der Waals surface area contributed by atoms with Gasteiger partial charge in [0.05, 0.1) is 23.1 Å². The molecule has 0 spiro atoms. The van der Waals surface area contributed by atoms with Gasteiger partial charge in [-0.2, -0.15) is 5.10 Å². The lowest BCUT2D eigenvalue weighted by molar-refractivity contribution is 0.102. The minimum absolute atomic E-state index is 0.263. The van der Waals surface area contributed by atoms with Crippen LogP contribution >= 0.6 is 0 Å². The van der Waals surface area contributed by atoms with Gasteiger partial charge >= 0.3 is 0 Å². The van der Waals surface area contributed by atoms with E-state index in [4.69, 9.17) is 0 Å². The molecule has 0 unspecified atom stereocenters. The Hall–Kier alpha value is -3.66. The third-order valence-electron chi connectivity index (χ3n) is 8.06. The molecule has 0 saturated carbocycles. The molecule has 41 heavy (non-hydrogen) atoms. The van der Waals surface area contributed by atoms with E-state index in [1.54, 1.807) is 6.20 Å². The number of hydrogen-bond donors (Lipinski definition) is 2. The summed E-state index contributed by atoms with van der Waals surface area (Å²) in [7, 11) is 2.15. The molecule has 0 radical (unpaired) electrons. The number of fused-ring (bicyclic) bond motifs is 1. The number of benzene rings is 1. The summed E-state index contributed by atoms with van der Waals surface area (Å²) in [4.78, 5) is 29.1. The van der Waals surface area contributed by atoms with Crippen LogP contribution in [0, 0.1) is 0 Å². The topological polar surface area (TPSA) is 92.7 Å². The highest BCUT2D eigenvalue weighted by molar-refractivity contribution is 6.11. The van der Waals surface area contributed by atoms with Gasteiger partial charge in [0.2, 0.25) is 0 Å². The van der Waals surface area contributed by atoms with Gasteiger partial charge in [-0.3, -0.25) is 29.7 Å². The van der Waals surface area contributed by atoms with Crippen molar-refractivity contribution < 1.29 is 4.79 Å². The molecule has 5 rings (SSSR count). The standard InChI is InChI=1S/C32H42N8O/c1-24(18-25(20-33-2)22-39-12-6-4-5-7-13-39)26-8-11-30-29(19-26)31(37-36-30)32(41)35-27-9-10-28(34-21-27)23-40-16-14-38(3)15-17-40/h8-11,18-21H,2,4-7,12-17,22-23H2,1,3H3,(H,35,41)(H,36,37)/b24-18+,25-20+. The van der Waals surface area contributed by atoms with Gasteiger partial charge in [-0.05, 0) is 87.6 Å². The fraction of sp³-hybridized carbons (Fsp3) is 0.438. The Morgan fingerprint density at radius 1 is 1.05 bits per heavy atom. The number of pyridine rings is 1. The minimum atomic E-state index is -0.263. The van der Waals surface area contributed by atoms with Crippen molar-refractivity contribution in [3.8, 4) is 0 Å². The quantitative estimate of drug-likeness (QED) is 0.291. The Balaban J connectivity index is 1.27. The first kappa shape index (κ1) is 28.9. The molecule has 4 heterocycles. The van der Waals surface area contributed by atoms with Crippen LogP contribution in [0.2, 0.25) is 0 Å². The predicted molar refractivity (Wildman–Crippen MR) is 167 cm³/mol. The molecule has 216 valence electrons. The molecule has 9 heteroatoms. The maximum Gasteiger partial charge on any atom is 0.276 e. The molecule has 2 fully saturated rings. The van der Waals surface area contributed by atoms with Crippen LogP contribution in [-0.2, 0) is 6.54 Å². The number of nitrogens with one attached hydrogen (secondary N) is 2. The average Bonchev–Trinajstić information content (AvgIpc) is 3.23. The molecule has 2 aliphatic rings. The Labute approximate surface area is 243 Å². The van der Waals surface area contributed by atoms with E-state index in [-0.39, 0.29) is 5.91 Å². The van der Waals surface area contributed by atoms with Crippen LogP contribution in [0.15, 0.2) is 59.4 Å². The van der Waals surface area contributed by atoms with Crippen LogP contribution in [0.1, 0.15) is 54.4 Å². The van der Waals surface area contributed by atoms with Crippen molar-refractivity contribution in [2.75, 3.05) is 58.2 Å². The highest BCUT2D eigenvalue weighted by Gasteiger charge is 2.17. The largest absolute Gasteiger partial charge is 0.319 e. The van der Waals surface area contributed by atoms with Crippen LogP contribution in [0.5, 0.6) is 0 Å². The van der Waals surface area contributed by atoms with Gasteiger partial charge in [0.15, 0.2) is 5.69 Å². The summed E-state index contributed by atoms with van der Waals surface area (Å²) in [6.45, 7) is 13.9. The second-order valence-electron chi connectivity index (χ2n) is 11.3. The van der Waals surface area contributed by atoms with Gasteiger partial charge in [-0.15, -0.1) is 0 Å². The number of likely N-dealkylation sites (N-methyl/N-ethyl adjacent to an activating group) is 1. The number of allylic oxidation sites excluding steroid dienone is 1. The molecular weight excluding hydrogens is 512 g/mol. The van der Waals surface area contributed by atoms with Crippen molar-refractivity contribution in [1.29, 1.82) is 0 Å². The number of H-pyrrole nitrogens is 1. The van der Waals surface area contributed by atoms with E-state index in [2.05, 4.69) is 73.0 Å². The van der Waals surface area contributed by atoms with E-state index >= 15 is 0 Å². The van der Waals surface area contributed by atoms with Crippen LogP contribution < -0.4 is 5.32 Å². The van der Waals surface area contributed by atoms with E-state index < -0.39 is 0 Å². The molecule has 0 bridgehead atoms. The van der Waals surface area contributed by atoms with Crippen molar-refractivity contribution in [1.82, 2.24) is 29.9 Å². The minimum Gasteiger partial charge on any atom is -0.319 e. The molecule has 9 nitrogen and oxygen atoms in total. The van der Waals surface area contributed by atoms with Gasteiger partial charge in [-0.1, -0.05) is 25.0 Å². The Morgan fingerprint density at radius 3 is 2.54 bits per heavy atom. The molecule has 0 atom stereocenters. The van der Waals surface area contributed by atoms with E-state index in [0.29, 0.717) is 11.4 Å². The number of aromatic amines is 1. The average molecular weight is 555 g/mol. The molecule has 1 amide bonds. The molecule has 2 aliphatic heterocycles. The highest BCUT2D eigenvalue weighted by atomic mass is 16.1. The maximum absolute atomic E-state index is 13.2. The zero-order valence-corrected chi connectivity index (χ0v) is 24.4. The Morgan fingerprint density at radius 2 is 1.83 bits per heavy atom. The van der Waals surface area contributed by atoms with Gasteiger partial charge in [0.25, 0.3) is 5.91 Å². The Kier molecular flexibility index (Phi) is 9.71. The van der Waals surface area contributed by atoms with Crippen molar-refractivity contribution in [2.45, 2.75) is 39.2 Å². The Bertz CT molecular complexity index is 1390. The lowest BCUT2D eigenvalue weighted by Crippen LogP contribution is -2.43. The summed E-state index contributed by atoms with van der Waals surface area (Å²) >= 11 is 0. The van der Waals surface area contributed by atoms with Crippen LogP contribution in [-0.4, -0.2) is 95.4 Å². The number of likely N-dealkylation sites (tertiary alicyclic amines) is 1. The third kappa shape index (κ3) is 7.75. The molecule has 0 aliphatic carbocycles. The van der Waals surface area contributed by atoms with Crippen molar-refractivity contribution in [3.63, 3.8) is 0 Å². The van der Waals surface area contributed by atoms with E-state index in [1.807, 2.05) is 30.5 Å². The first-order chi connectivity index (χ1) is 20.0. The normalized spacial score (nSPS) is 18.4. The fourth-order valence-corrected chi connectivity index (χ4v) is 5.60. The summed E-state index contributed by atoms with van der Waals surface area (Å²) in [5.74, 6) is -0.263. The zero-order valence-electron chi connectivity index (χ0n) is 24.4. The molecule has 2 saturated heterocycles. The monoisotopic (exact) mass is 554 g/mol. The van der Waals surface area contributed by atoms with E-state index in [1.165, 1.54) is 25.7 Å². The van der Waals surface area contributed by atoms with Crippen LogP contribution in [0.3, 0.4) is 0 Å². The third-order valence-corrected chi connectivity index (χ3v) is 8.06. The number of piperazine rings is 1. The van der Waals surface area contributed by atoms with Gasteiger partial charge < -0.3 is 10.2 Å². The number of carbonyl (C=O) groups excluding carboxylic acids is 1. The van der Waals surface area contributed by atoms with Gasteiger partial charge in [0.1, 0.15) is 0 Å². The number of hydrogen-bond acceptors (Lipinski definition) is 7. The number of carbonyl (C=O) groups is 1. The molecule has 3 aromatic rings. The lowest BCUT2D eigenvalue weighted by Gasteiger charge is -2.32. The summed E-state index contributed by atoms with van der Waals surface area (Å²) in [5.41, 5.74) is 6.11. The second kappa shape index (κ2) is 13.8. The fourth-order valence-electron chi connectivity index (χ4n) is 5.60. The maximum atomic E-state index is 13.2.